The van der Waals surface area contributed by atoms with Gasteiger partial charge < -0.3 is 91.9 Å². The summed E-state index contributed by atoms with van der Waals surface area (Å²) in [5, 5.41) is 4.23. The molecule has 0 radical (unpaired) electrons. The minimum absolute atomic E-state index is 0. The predicted molar refractivity (Wildman–Crippen MR) is 316 cm³/mol. The number of aromatic nitrogens is 8. The number of aliphatic hydroxyl groups is 1. The van der Waals surface area contributed by atoms with Crippen LogP contribution in [-0.2, 0) is 19.5 Å². The minimum Gasteiger partial charge on any atom is -0.479 e. The summed E-state index contributed by atoms with van der Waals surface area (Å²) in [5.41, 5.74) is -18.0. The summed E-state index contributed by atoms with van der Waals surface area (Å²) >= 11 is 0. The van der Waals surface area contributed by atoms with Crippen molar-refractivity contribution in [1.82, 2.24) is 39.9 Å². The first-order chi connectivity index (χ1) is 53.6. The van der Waals surface area contributed by atoms with Gasteiger partial charge in [0.2, 0.25) is 34.5 Å². The van der Waals surface area contributed by atoms with Gasteiger partial charge in [0.05, 0.1) is 45.6 Å². The van der Waals surface area contributed by atoms with Crippen molar-refractivity contribution in [2.75, 3.05) is 79.3 Å². The molecule has 4 aromatic carbocycles. The third-order valence-electron chi connectivity index (χ3n) is 13.6. The number of halogens is 36. The molecular weight excluding hydrogens is 1800 g/mol. The first kappa shape index (κ1) is 94.0. The zero-order valence-corrected chi connectivity index (χ0v) is 60.4. The van der Waals surface area contributed by atoms with Crippen LogP contribution in [-0.4, -0.2) is 194 Å². The fourth-order valence-corrected chi connectivity index (χ4v) is 9.86. The Morgan fingerprint density at radius 1 is 0.269 bits per heavy atom. The molecule has 0 saturated heterocycles. The second kappa shape index (κ2) is 33.2. The number of hydrogen-bond donors (Lipinski definition) is 1. The van der Waals surface area contributed by atoms with Crippen LogP contribution in [0.5, 0.6) is 69.0 Å². The molecule has 0 amide bonds. The SMILES string of the molecule is CC(C)(O)C#Cc1ccc2c3nc4nc(nc5[n-]c(nc6nc(nc([n-]3)c2c1)-c1c(OCC(F)(F)F)c(OCC(F)(F)F)c(OCC(F)(F)F)c(OCC(F)(F)F)c1-6)c1c(OCC(F)(F)F)c(OCC(F)(F)F)c(OCC(F)(F)F)c(OCC(F)(F)F)c51)-c1c(OCC(F)(F)F)c(OCC(F)(F)F)c(OCC(F)(F)F)c(OCC(F)(F)F)c1-4.[Zn+2]. The number of ether oxygens (including phenoxy) is 12. The second-order valence-electron chi connectivity index (χ2n) is 24.1. The van der Waals surface area contributed by atoms with E-state index in [-0.39, 0.29) is 19.5 Å². The molecule has 0 spiro atoms. The molecule has 0 unspecified atom stereocenters. The molecule has 9 rings (SSSR count). The van der Waals surface area contributed by atoms with Crippen molar-refractivity contribution < 1.29 is 239 Å². The monoisotopic (exact) mass is 1830 g/mol. The molecule has 650 valence electrons. The molecule has 3 aromatic heterocycles. The minimum atomic E-state index is -6.11. The normalized spacial score (nSPS) is 13.4. The Labute approximate surface area is 645 Å². The van der Waals surface area contributed by atoms with E-state index in [9.17, 15) is 163 Å². The first-order valence-electron chi connectivity index (χ1n) is 30.7. The molecule has 0 fully saturated rings. The molecule has 2 aliphatic rings. The van der Waals surface area contributed by atoms with Crippen molar-refractivity contribution in [1.29, 1.82) is 0 Å². The Kier molecular flexibility index (Phi) is 26.2. The van der Waals surface area contributed by atoms with E-state index in [1.807, 2.05) is 0 Å². The van der Waals surface area contributed by atoms with Gasteiger partial charge in [-0.2, -0.15) is 158 Å². The third kappa shape index (κ3) is 25.5. The second-order valence-corrected chi connectivity index (χ2v) is 24.1. The van der Waals surface area contributed by atoms with E-state index in [1.165, 1.54) is 0 Å². The van der Waals surface area contributed by atoms with E-state index >= 15 is 0 Å². The zero-order chi connectivity index (χ0) is 88.4. The van der Waals surface area contributed by atoms with Crippen LogP contribution in [0.1, 0.15) is 19.4 Å². The summed E-state index contributed by atoms with van der Waals surface area (Å²) in [4.78, 5) is 30.3. The first-order valence-corrected chi connectivity index (χ1v) is 30.7. The van der Waals surface area contributed by atoms with E-state index in [0.29, 0.717) is 12.1 Å². The summed E-state index contributed by atoms with van der Waals surface area (Å²) in [6, 6.07) is 2.20. The molecule has 119 heavy (non-hydrogen) atoms. The van der Waals surface area contributed by atoms with Crippen molar-refractivity contribution >= 4 is 44.1 Å². The molecule has 7 aromatic rings. The van der Waals surface area contributed by atoms with Crippen molar-refractivity contribution in [3.63, 3.8) is 0 Å². The number of benzene rings is 4. The Bertz CT molecular complexity index is 5160. The van der Waals surface area contributed by atoms with Crippen LogP contribution in [0.2, 0.25) is 0 Å². The van der Waals surface area contributed by atoms with Gasteiger partial charge >= 0.3 is 93.6 Å². The summed E-state index contributed by atoms with van der Waals surface area (Å²) in [7, 11) is 0. The van der Waals surface area contributed by atoms with Gasteiger partial charge in [0.1, 0.15) is 5.60 Å². The van der Waals surface area contributed by atoms with Crippen LogP contribution in [0, 0.1) is 11.8 Å². The molecule has 2 aliphatic heterocycles. The summed E-state index contributed by atoms with van der Waals surface area (Å²) < 4.78 is 579. The predicted octanol–water partition coefficient (Wildman–Crippen LogP) is 17.5. The molecule has 21 nitrogen and oxygen atoms in total. The van der Waals surface area contributed by atoms with Crippen LogP contribution in [0.25, 0.3) is 89.7 Å². The number of fused-ring (bicyclic) bond motifs is 20. The fourth-order valence-electron chi connectivity index (χ4n) is 9.86. The molecule has 0 saturated carbocycles. The Balaban J connectivity index is 0.0000176. The molecule has 5 heterocycles. The van der Waals surface area contributed by atoms with Gasteiger partial charge in [0.15, 0.2) is 114 Å². The quantitative estimate of drug-likeness (QED) is 0.0336. The van der Waals surface area contributed by atoms with E-state index in [4.69, 9.17) is 28.4 Å². The molecule has 8 bridgehead atoms. The smallest absolute Gasteiger partial charge is 0.479 e. The van der Waals surface area contributed by atoms with Crippen LogP contribution in [0.4, 0.5) is 158 Å². The van der Waals surface area contributed by atoms with Crippen LogP contribution in [0.3, 0.4) is 0 Å². The Morgan fingerprint density at radius 2 is 0.462 bits per heavy atom. The summed E-state index contributed by atoms with van der Waals surface area (Å²) in [5.74, 6) is -33.0. The third-order valence-corrected chi connectivity index (χ3v) is 13.6. The van der Waals surface area contributed by atoms with Crippen LogP contribution >= 0.6 is 0 Å². The average molecular weight is 1840 g/mol. The Hall–Kier alpha value is -10.5. The standard InChI is InChI=1S/C61H34F36N8O13.Zn/c1-49(2,106)6-5-20-3-4-21-22(7-20)42-98-41(21)99-43-23-25(31(109-10-52(68,69)70)37(115-16-58(86,87)88)35(113-14-56(80,81)82)29(23)107-8-50(62,63)64)45(101-43)103-47-27-28(34(112-13-55(77,78)79)40(118-19-61(95,96)97)39(117-18-60(92,93)94)33(27)111-12-54(74,75)76)48(105-47)104-46-26-24(44(100-42)102-46)30(108-9-51(65,66)67)36(114-15-57(83,84)85)38(116-17-59(89,90)91)32(26)110-11-53(71,72)73;/h3-4,7,106H,8-19H2,1-2H3;/q-2;+2. The van der Waals surface area contributed by atoms with Crippen molar-refractivity contribution in [2.24, 2.45) is 0 Å². The maximum atomic E-state index is 14.7. The van der Waals surface area contributed by atoms with E-state index in [2.05, 4.69) is 80.1 Å². The molecule has 0 aliphatic carbocycles. The number of rotatable bonds is 24. The molecule has 58 heteroatoms. The van der Waals surface area contributed by atoms with E-state index in [1.54, 1.807) is 0 Å². The fraction of sp³-hybridized carbons (Fsp3) is 0.443. The van der Waals surface area contributed by atoms with Crippen molar-refractivity contribution in [3.8, 4) is 126 Å². The topological polar surface area (TPSA) is 237 Å². The van der Waals surface area contributed by atoms with Crippen LogP contribution in [0.15, 0.2) is 18.2 Å². The van der Waals surface area contributed by atoms with E-state index in [0.717, 1.165) is 19.9 Å². The largest absolute Gasteiger partial charge is 2.00 e. The molecule has 0 atom stereocenters. The zero-order valence-electron chi connectivity index (χ0n) is 57.5. The van der Waals surface area contributed by atoms with Crippen molar-refractivity contribution in [3.05, 3.63) is 23.8 Å². The molecule has 1 N–H and O–H groups in total. The van der Waals surface area contributed by atoms with E-state index < -0.39 is 323 Å². The number of nitrogens with zero attached hydrogens (tertiary/aromatic N) is 8. The van der Waals surface area contributed by atoms with Gasteiger partial charge in [0, 0.05) is 38.9 Å². The number of alkyl halides is 36. The van der Waals surface area contributed by atoms with Gasteiger partial charge in [-0.1, -0.05) is 17.9 Å². The van der Waals surface area contributed by atoms with Gasteiger partial charge in [-0.15, -0.1) is 0 Å². The summed E-state index contributed by atoms with van der Waals surface area (Å²) in [6.07, 6.45) is -72.1. The van der Waals surface area contributed by atoms with Crippen LogP contribution < -0.4 is 66.8 Å². The Morgan fingerprint density at radius 3 is 0.689 bits per heavy atom. The van der Waals surface area contributed by atoms with Gasteiger partial charge in [-0.3, -0.25) is 0 Å². The van der Waals surface area contributed by atoms with Gasteiger partial charge in [-0.05, 0) is 36.8 Å². The van der Waals surface area contributed by atoms with Crippen molar-refractivity contribution in [2.45, 2.75) is 93.6 Å². The summed E-state index contributed by atoms with van der Waals surface area (Å²) in [6.45, 7) is -35.2. The maximum absolute atomic E-state index is 14.7. The average Bonchev–Trinajstić information content (AvgIpc) is 1.57. The maximum Gasteiger partial charge on any atom is 2.00 e. The van der Waals surface area contributed by atoms with Gasteiger partial charge in [0.25, 0.3) is 0 Å². The van der Waals surface area contributed by atoms with Gasteiger partial charge in [-0.25, -0.2) is 9.97 Å². The molecular formula is C61H34F36N8O13Zn. The number of hydrogen-bond acceptors (Lipinski definition) is 19.